The Morgan fingerprint density at radius 3 is 2.88 bits per heavy atom. The van der Waals surface area contributed by atoms with Crippen LogP contribution in [0.1, 0.15) is 16.1 Å². The monoisotopic (exact) mass is 346 g/mol. The summed E-state index contributed by atoms with van der Waals surface area (Å²) >= 11 is 1.83. The van der Waals surface area contributed by atoms with Crippen LogP contribution in [0.2, 0.25) is 0 Å². The standard InChI is InChI=1S/C9H7IN4O3/c1-4-5(9(16)17)2-14(13-4)7-6(10)8(15)12-3-11-7/h2-3H,1H3,(H,16,17)(H,11,12,15). The molecule has 0 aromatic carbocycles. The predicted molar refractivity (Wildman–Crippen MR) is 66.4 cm³/mol. The van der Waals surface area contributed by atoms with Crippen molar-refractivity contribution in [2.24, 2.45) is 0 Å². The van der Waals surface area contributed by atoms with Crippen molar-refractivity contribution in [2.75, 3.05) is 0 Å². The van der Waals surface area contributed by atoms with E-state index in [9.17, 15) is 9.59 Å². The molecule has 0 aliphatic heterocycles. The van der Waals surface area contributed by atoms with E-state index in [1.165, 1.54) is 17.2 Å². The Bertz CT molecular complexity index is 646. The average molecular weight is 346 g/mol. The first-order valence-corrected chi connectivity index (χ1v) is 5.61. The highest BCUT2D eigenvalue weighted by Gasteiger charge is 2.15. The zero-order valence-corrected chi connectivity index (χ0v) is 10.8. The van der Waals surface area contributed by atoms with Gasteiger partial charge in [0.25, 0.3) is 5.56 Å². The number of aromatic carboxylic acids is 1. The van der Waals surface area contributed by atoms with Crippen LogP contribution in [0.15, 0.2) is 17.3 Å². The number of carboxylic acid groups (broad SMARTS) is 1. The first kappa shape index (κ1) is 11.8. The van der Waals surface area contributed by atoms with E-state index in [1.807, 2.05) is 22.6 Å². The summed E-state index contributed by atoms with van der Waals surface area (Å²) in [5.41, 5.74) is 0.166. The molecule has 8 heteroatoms. The quantitative estimate of drug-likeness (QED) is 0.775. The minimum Gasteiger partial charge on any atom is -0.478 e. The van der Waals surface area contributed by atoms with Crippen molar-refractivity contribution in [1.29, 1.82) is 0 Å². The lowest BCUT2D eigenvalue weighted by atomic mass is 10.3. The van der Waals surface area contributed by atoms with Crippen molar-refractivity contribution in [1.82, 2.24) is 19.7 Å². The molecular weight excluding hydrogens is 339 g/mol. The molecule has 0 saturated heterocycles. The Balaban J connectivity index is 2.62. The van der Waals surface area contributed by atoms with Crippen LogP contribution in [0.3, 0.4) is 0 Å². The predicted octanol–water partition coefficient (Wildman–Crippen LogP) is 0.567. The number of nitrogens with zero attached hydrogens (tertiary/aromatic N) is 3. The third-order valence-electron chi connectivity index (χ3n) is 2.12. The van der Waals surface area contributed by atoms with Crippen LogP contribution < -0.4 is 5.56 Å². The van der Waals surface area contributed by atoms with Crippen LogP contribution in [0.25, 0.3) is 5.82 Å². The first-order chi connectivity index (χ1) is 8.00. The summed E-state index contributed by atoms with van der Waals surface area (Å²) in [7, 11) is 0. The fourth-order valence-corrected chi connectivity index (χ4v) is 1.85. The van der Waals surface area contributed by atoms with Gasteiger partial charge in [-0.15, -0.1) is 0 Å². The summed E-state index contributed by atoms with van der Waals surface area (Å²) in [4.78, 5) is 28.6. The van der Waals surface area contributed by atoms with Gasteiger partial charge in [0.1, 0.15) is 9.13 Å². The Hall–Kier alpha value is -1.71. The first-order valence-electron chi connectivity index (χ1n) is 4.54. The molecule has 0 atom stereocenters. The third-order valence-corrected chi connectivity index (χ3v) is 3.10. The maximum atomic E-state index is 11.4. The van der Waals surface area contributed by atoms with E-state index in [4.69, 9.17) is 5.11 Å². The van der Waals surface area contributed by atoms with Crippen molar-refractivity contribution in [3.8, 4) is 5.82 Å². The number of hydrogen-bond acceptors (Lipinski definition) is 4. The van der Waals surface area contributed by atoms with Crippen molar-refractivity contribution in [3.63, 3.8) is 0 Å². The Labute approximate surface area is 109 Å². The number of carboxylic acids is 1. The van der Waals surface area contributed by atoms with Gasteiger partial charge in [-0.05, 0) is 29.5 Å². The molecule has 0 aliphatic carbocycles. The lowest BCUT2D eigenvalue weighted by Crippen LogP contribution is -2.15. The molecule has 17 heavy (non-hydrogen) atoms. The largest absolute Gasteiger partial charge is 0.478 e. The van der Waals surface area contributed by atoms with E-state index in [0.29, 0.717) is 15.1 Å². The molecule has 2 heterocycles. The molecule has 0 bridgehead atoms. The third kappa shape index (κ3) is 2.07. The van der Waals surface area contributed by atoms with Crippen molar-refractivity contribution < 1.29 is 9.90 Å². The molecule has 7 nitrogen and oxygen atoms in total. The SMILES string of the molecule is Cc1nn(-c2nc[nH]c(=O)c2I)cc1C(=O)O. The maximum absolute atomic E-state index is 11.4. The Kier molecular flexibility index (Phi) is 2.96. The Morgan fingerprint density at radius 1 is 1.59 bits per heavy atom. The van der Waals surface area contributed by atoms with Crippen LogP contribution in [0.5, 0.6) is 0 Å². The van der Waals surface area contributed by atoms with Gasteiger partial charge in [0.05, 0.1) is 12.0 Å². The van der Waals surface area contributed by atoms with Crippen molar-refractivity contribution in [3.05, 3.63) is 37.7 Å². The molecule has 0 saturated carbocycles. The van der Waals surface area contributed by atoms with E-state index < -0.39 is 5.97 Å². The molecular formula is C9H7IN4O3. The van der Waals surface area contributed by atoms with Crippen LogP contribution >= 0.6 is 22.6 Å². The fourth-order valence-electron chi connectivity index (χ4n) is 1.31. The second-order valence-electron chi connectivity index (χ2n) is 3.25. The number of rotatable bonds is 2. The smallest absolute Gasteiger partial charge is 0.339 e. The summed E-state index contributed by atoms with van der Waals surface area (Å²) in [5, 5.41) is 12.9. The highest BCUT2D eigenvalue weighted by atomic mass is 127. The molecule has 0 spiro atoms. The number of aromatic nitrogens is 4. The summed E-state index contributed by atoms with van der Waals surface area (Å²) in [6, 6.07) is 0. The van der Waals surface area contributed by atoms with Crippen molar-refractivity contribution in [2.45, 2.75) is 6.92 Å². The number of carbonyl (C=O) groups is 1. The van der Waals surface area contributed by atoms with Crippen LogP contribution in [-0.2, 0) is 0 Å². The van der Waals surface area contributed by atoms with Gasteiger partial charge in [0.2, 0.25) is 0 Å². The number of aryl methyl sites for hydroxylation is 1. The summed E-state index contributed by atoms with van der Waals surface area (Å²) < 4.78 is 1.64. The Morgan fingerprint density at radius 2 is 2.29 bits per heavy atom. The highest BCUT2D eigenvalue weighted by Crippen LogP contribution is 2.12. The molecule has 2 aromatic rings. The normalized spacial score (nSPS) is 10.5. The topological polar surface area (TPSA) is 101 Å². The highest BCUT2D eigenvalue weighted by molar-refractivity contribution is 14.1. The summed E-state index contributed by atoms with van der Waals surface area (Å²) in [5.74, 6) is -0.751. The molecule has 88 valence electrons. The molecule has 0 fully saturated rings. The lowest BCUT2D eigenvalue weighted by molar-refractivity contribution is 0.0696. The van der Waals surface area contributed by atoms with Gasteiger partial charge in [-0.2, -0.15) is 5.10 Å². The fraction of sp³-hybridized carbons (Fsp3) is 0.111. The zero-order chi connectivity index (χ0) is 12.6. The molecule has 2 aromatic heterocycles. The minimum atomic E-state index is -1.06. The second kappa shape index (κ2) is 4.28. The molecule has 0 amide bonds. The molecule has 2 N–H and O–H groups in total. The molecule has 0 aliphatic rings. The van der Waals surface area contributed by atoms with E-state index in [0.717, 1.165) is 0 Å². The zero-order valence-electron chi connectivity index (χ0n) is 8.64. The van der Waals surface area contributed by atoms with Crippen LogP contribution in [0, 0.1) is 10.5 Å². The van der Waals surface area contributed by atoms with Crippen molar-refractivity contribution >= 4 is 28.6 Å². The number of H-pyrrole nitrogens is 1. The molecule has 0 radical (unpaired) electrons. The van der Waals surface area contributed by atoms with Crippen LogP contribution in [-0.4, -0.2) is 30.8 Å². The van der Waals surface area contributed by atoms with E-state index in [2.05, 4.69) is 15.1 Å². The van der Waals surface area contributed by atoms with Gasteiger partial charge in [-0.3, -0.25) is 4.79 Å². The second-order valence-corrected chi connectivity index (χ2v) is 4.33. The van der Waals surface area contributed by atoms with Gasteiger partial charge >= 0.3 is 5.97 Å². The van der Waals surface area contributed by atoms with E-state index in [1.54, 1.807) is 6.92 Å². The van der Waals surface area contributed by atoms with Gasteiger partial charge in [-0.25, -0.2) is 14.5 Å². The lowest BCUT2D eigenvalue weighted by Gasteiger charge is -2.00. The van der Waals surface area contributed by atoms with Gasteiger partial charge in [0.15, 0.2) is 5.82 Å². The van der Waals surface area contributed by atoms with Crippen LogP contribution in [0.4, 0.5) is 0 Å². The molecule has 2 rings (SSSR count). The summed E-state index contributed by atoms with van der Waals surface area (Å²) in [6.45, 7) is 1.58. The van der Waals surface area contributed by atoms with E-state index >= 15 is 0 Å². The van der Waals surface area contributed by atoms with Gasteiger partial charge < -0.3 is 10.1 Å². The molecule has 0 unspecified atom stereocenters. The minimum absolute atomic E-state index is 0.0860. The average Bonchev–Trinajstić information content (AvgIpc) is 2.64. The summed E-state index contributed by atoms with van der Waals surface area (Å²) in [6.07, 6.45) is 2.58. The number of hydrogen-bond donors (Lipinski definition) is 2. The van der Waals surface area contributed by atoms with Gasteiger partial charge in [-0.1, -0.05) is 0 Å². The number of aromatic amines is 1. The number of nitrogens with one attached hydrogen (secondary N) is 1. The maximum Gasteiger partial charge on any atom is 0.339 e. The number of halogens is 1. The van der Waals surface area contributed by atoms with E-state index in [-0.39, 0.29) is 11.1 Å². The van der Waals surface area contributed by atoms with Gasteiger partial charge in [0, 0.05) is 6.20 Å².